The lowest BCUT2D eigenvalue weighted by molar-refractivity contribution is -0.120. The average molecular weight is 203 g/mol. The second kappa shape index (κ2) is 6.30. The lowest BCUT2D eigenvalue weighted by Gasteiger charge is -2.16. The Labute approximate surface area is 85.9 Å². The van der Waals surface area contributed by atoms with E-state index in [4.69, 9.17) is 0 Å². The average Bonchev–Trinajstić information content (AvgIpc) is 1.98. The van der Waals surface area contributed by atoms with E-state index in [0.717, 1.165) is 18.7 Å². The van der Waals surface area contributed by atoms with Crippen LogP contribution in [0.2, 0.25) is 0 Å². The van der Waals surface area contributed by atoms with Crippen molar-refractivity contribution in [2.45, 2.75) is 45.3 Å². The molecule has 0 aliphatic rings. The molecule has 0 heterocycles. The number of carbonyl (C=O) groups excluding carboxylic acids is 1. The molecular weight excluding hydrogens is 182 g/mol. The third-order valence-electron chi connectivity index (χ3n) is 1.44. The van der Waals surface area contributed by atoms with Gasteiger partial charge in [-0.05, 0) is 6.42 Å². The Balaban J connectivity index is 3.37. The van der Waals surface area contributed by atoms with E-state index < -0.39 is 0 Å². The highest BCUT2D eigenvalue weighted by molar-refractivity contribution is 8.00. The van der Waals surface area contributed by atoms with Crippen LogP contribution in [0.15, 0.2) is 0 Å². The summed E-state index contributed by atoms with van der Waals surface area (Å²) in [5, 5.41) is 2.87. The van der Waals surface area contributed by atoms with E-state index in [1.165, 1.54) is 0 Å². The molecule has 78 valence electrons. The highest BCUT2D eigenvalue weighted by atomic mass is 32.2. The van der Waals surface area contributed by atoms with Crippen molar-refractivity contribution in [1.82, 2.24) is 5.32 Å². The van der Waals surface area contributed by atoms with Crippen molar-refractivity contribution in [3.05, 3.63) is 0 Å². The lowest BCUT2D eigenvalue weighted by atomic mass is 10.3. The van der Waals surface area contributed by atoms with E-state index in [2.05, 4.69) is 33.0 Å². The normalized spacial score (nSPS) is 11.4. The number of amides is 1. The minimum atomic E-state index is 0.179. The van der Waals surface area contributed by atoms with Crippen LogP contribution in [0.1, 0.15) is 40.5 Å². The molecule has 2 nitrogen and oxygen atoms in total. The summed E-state index contributed by atoms with van der Waals surface area (Å²) in [4.78, 5) is 11.2. The standard InChI is InChI=1S/C10H21NOS/c1-5-7-11-9(12)6-8-13-10(2,3)4/h5-8H2,1-4H3,(H,11,12). The van der Waals surface area contributed by atoms with E-state index in [1.54, 1.807) is 0 Å². The maximum Gasteiger partial charge on any atom is 0.220 e. The van der Waals surface area contributed by atoms with Gasteiger partial charge < -0.3 is 5.32 Å². The van der Waals surface area contributed by atoms with Gasteiger partial charge in [0.15, 0.2) is 0 Å². The largest absolute Gasteiger partial charge is 0.356 e. The van der Waals surface area contributed by atoms with Gasteiger partial charge in [0.1, 0.15) is 0 Å². The highest BCUT2D eigenvalue weighted by Gasteiger charge is 2.10. The molecule has 0 aromatic heterocycles. The number of carbonyl (C=O) groups is 1. The predicted octanol–water partition coefficient (Wildman–Crippen LogP) is 2.43. The van der Waals surface area contributed by atoms with Gasteiger partial charge in [0.25, 0.3) is 0 Å². The summed E-state index contributed by atoms with van der Waals surface area (Å²) in [6.45, 7) is 9.37. The number of rotatable bonds is 5. The van der Waals surface area contributed by atoms with Crippen molar-refractivity contribution >= 4 is 17.7 Å². The fourth-order valence-corrected chi connectivity index (χ4v) is 1.70. The zero-order chi connectivity index (χ0) is 10.3. The van der Waals surface area contributed by atoms with Crippen LogP contribution >= 0.6 is 11.8 Å². The van der Waals surface area contributed by atoms with Crippen molar-refractivity contribution < 1.29 is 4.79 Å². The quantitative estimate of drug-likeness (QED) is 0.743. The zero-order valence-electron chi connectivity index (χ0n) is 9.14. The van der Waals surface area contributed by atoms with Crippen molar-refractivity contribution in [3.63, 3.8) is 0 Å². The summed E-state index contributed by atoms with van der Waals surface area (Å²) in [5.41, 5.74) is 0. The molecule has 13 heavy (non-hydrogen) atoms. The van der Waals surface area contributed by atoms with Crippen LogP contribution in [0.5, 0.6) is 0 Å². The molecule has 0 rings (SSSR count). The Morgan fingerprint density at radius 2 is 2.00 bits per heavy atom. The number of thioether (sulfide) groups is 1. The van der Waals surface area contributed by atoms with Crippen LogP contribution in [0.3, 0.4) is 0 Å². The van der Waals surface area contributed by atoms with Gasteiger partial charge in [0.2, 0.25) is 5.91 Å². The molecule has 0 atom stereocenters. The van der Waals surface area contributed by atoms with E-state index in [0.29, 0.717) is 6.42 Å². The van der Waals surface area contributed by atoms with E-state index in [9.17, 15) is 4.79 Å². The first-order chi connectivity index (χ1) is 5.95. The van der Waals surface area contributed by atoms with E-state index in [-0.39, 0.29) is 10.7 Å². The number of hydrogen-bond acceptors (Lipinski definition) is 2. The molecule has 0 aromatic rings. The summed E-state index contributed by atoms with van der Waals surface area (Å²) in [7, 11) is 0. The Morgan fingerprint density at radius 3 is 2.46 bits per heavy atom. The Morgan fingerprint density at radius 1 is 1.38 bits per heavy atom. The summed E-state index contributed by atoms with van der Waals surface area (Å²) in [5.74, 6) is 1.09. The highest BCUT2D eigenvalue weighted by Crippen LogP contribution is 2.23. The van der Waals surface area contributed by atoms with E-state index in [1.807, 2.05) is 11.8 Å². The number of nitrogens with one attached hydrogen (secondary N) is 1. The van der Waals surface area contributed by atoms with Crippen molar-refractivity contribution in [1.29, 1.82) is 0 Å². The molecule has 0 fully saturated rings. The molecule has 1 N–H and O–H groups in total. The summed E-state index contributed by atoms with van der Waals surface area (Å²) < 4.78 is 0.269. The molecule has 0 saturated carbocycles. The monoisotopic (exact) mass is 203 g/mol. The second-order valence-electron chi connectivity index (χ2n) is 4.06. The summed E-state index contributed by atoms with van der Waals surface area (Å²) in [6.07, 6.45) is 1.65. The van der Waals surface area contributed by atoms with Crippen LogP contribution in [0.25, 0.3) is 0 Å². The molecule has 0 aliphatic heterocycles. The van der Waals surface area contributed by atoms with Crippen molar-refractivity contribution in [2.24, 2.45) is 0 Å². The Hall–Kier alpha value is -0.180. The molecule has 0 spiro atoms. The third-order valence-corrected chi connectivity index (χ3v) is 2.71. The fraction of sp³-hybridized carbons (Fsp3) is 0.900. The summed E-state index contributed by atoms with van der Waals surface area (Å²) >= 11 is 1.83. The predicted molar refractivity (Wildman–Crippen MR) is 60.1 cm³/mol. The van der Waals surface area contributed by atoms with Crippen LogP contribution in [0.4, 0.5) is 0 Å². The maximum atomic E-state index is 11.2. The molecule has 3 heteroatoms. The lowest BCUT2D eigenvalue weighted by Crippen LogP contribution is -2.24. The zero-order valence-corrected chi connectivity index (χ0v) is 9.96. The topological polar surface area (TPSA) is 29.1 Å². The first-order valence-corrected chi connectivity index (χ1v) is 5.85. The van der Waals surface area contributed by atoms with Gasteiger partial charge in [-0.2, -0.15) is 11.8 Å². The molecule has 1 amide bonds. The second-order valence-corrected chi connectivity index (χ2v) is 5.98. The summed E-state index contributed by atoms with van der Waals surface area (Å²) in [6, 6.07) is 0. The van der Waals surface area contributed by atoms with Crippen molar-refractivity contribution in [3.8, 4) is 0 Å². The fourth-order valence-electron chi connectivity index (χ4n) is 0.803. The third kappa shape index (κ3) is 9.74. The number of hydrogen-bond donors (Lipinski definition) is 1. The van der Waals surface area contributed by atoms with Crippen LogP contribution in [0, 0.1) is 0 Å². The molecule has 0 aliphatic carbocycles. The first-order valence-electron chi connectivity index (χ1n) is 4.86. The van der Waals surface area contributed by atoms with Gasteiger partial charge >= 0.3 is 0 Å². The van der Waals surface area contributed by atoms with Gasteiger partial charge in [-0.1, -0.05) is 27.7 Å². The van der Waals surface area contributed by atoms with Crippen LogP contribution in [-0.4, -0.2) is 23.0 Å². The van der Waals surface area contributed by atoms with E-state index >= 15 is 0 Å². The minimum absolute atomic E-state index is 0.179. The van der Waals surface area contributed by atoms with Gasteiger partial charge in [0, 0.05) is 23.5 Å². The molecule has 0 radical (unpaired) electrons. The maximum absolute atomic E-state index is 11.2. The molecule has 0 bridgehead atoms. The smallest absolute Gasteiger partial charge is 0.220 e. The Bertz CT molecular complexity index is 151. The molecule has 0 aromatic carbocycles. The first kappa shape index (κ1) is 12.8. The van der Waals surface area contributed by atoms with Gasteiger partial charge in [-0.3, -0.25) is 4.79 Å². The minimum Gasteiger partial charge on any atom is -0.356 e. The Kier molecular flexibility index (Phi) is 6.21. The molecule has 0 unspecified atom stereocenters. The molecular formula is C10H21NOS. The molecule has 0 saturated heterocycles. The van der Waals surface area contributed by atoms with Gasteiger partial charge in [-0.25, -0.2) is 0 Å². The van der Waals surface area contributed by atoms with Crippen LogP contribution in [-0.2, 0) is 4.79 Å². The van der Waals surface area contributed by atoms with Crippen LogP contribution < -0.4 is 5.32 Å². The van der Waals surface area contributed by atoms with Gasteiger partial charge in [-0.15, -0.1) is 0 Å². The van der Waals surface area contributed by atoms with Gasteiger partial charge in [0.05, 0.1) is 0 Å². The van der Waals surface area contributed by atoms with Crippen molar-refractivity contribution in [2.75, 3.05) is 12.3 Å². The SMILES string of the molecule is CCCNC(=O)CCSC(C)(C)C.